The Morgan fingerprint density at radius 3 is 2.59 bits per heavy atom. The standard InChI is InChI=1S/C12H12N4S/c1-15(2)10-5-3-9(4-6-10)11-7-16-12(14-11)17-8-13-16/h3-8H,1-2H3. The summed E-state index contributed by atoms with van der Waals surface area (Å²) in [5, 5.41) is 4.18. The Kier molecular flexibility index (Phi) is 2.33. The zero-order valence-electron chi connectivity index (χ0n) is 9.66. The van der Waals surface area contributed by atoms with E-state index in [1.165, 1.54) is 5.69 Å². The molecule has 2 heterocycles. The van der Waals surface area contributed by atoms with E-state index in [9.17, 15) is 0 Å². The lowest BCUT2D eigenvalue weighted by Gasteiger charge is -2.11. The van der Waals surface area contributed by atoms with E-state index in [1.807, 2.05) is 20.3 Å². The average Bonchev–Trinajstić information content (AvgIpc) is 2.89. The number of anilines is 1. The fourth-order valence-corrected chi connectivity index (χ4v) is 2.31. The van der Waals surface area contributed by atoms with Gasteiger partial charge in [-0.25, -0.2) is 9.50 Å². The molecule has 0 saturated carbocycles. The Morgan fingerprint density at radius 2 is 1.94 bits per heavy atom. The van der Waals surface area contributed by atoms with Crippen LogP contribution in [0, 0.1) is 0 Å². The van der Waals surface area contributed by atoms with Crippen LogP contribution in [0.25, 0.3) is 16.2 Å². The monoisotopic (exact) mass is 244 g/mol. The second-order valence-corrected chi connectivity index (χ2v) is 4.84. The third-order valence-electron chi connectivity index (χ3n) is 2.67. The lowest BCUT2D eigenvalue weighted by Crippen LogP contribution is -2.07. The van der Waals surface area contributed by atoms with Gasteiger partial charge in [-0.2, -0.15) is 5.10 Å². The van der Waals surface area contributed by atoms with E-state index in [0.29, 0.717) is 0 Å². The summed E-state index contributed by atoms with van der Waals surface area (Å²) in [6.07, 6.45) is 1.95. The van der Waals surface area contributed by atoms with Crippen LogP contribution in [0.15, 0.2) is 36.0 Å². The molecule has 0 bridgehead atoms. The van der Waals surface area contributed by atoms with Crippen LogP contribution in [0.4, 0.5) is 5.69 Å². The van der Waals surface area contributed by atoms with Gasteiger partial charge in [-0.3, -0.25) is 0 Å². The number of benzene rings is 1. The van der Waals surface area contributed by atoms with Crippen molar-refractivity contribution >= 4 is 22.0 Å². The van der Waals surface area contributed by atoms with Crippen molar-refractivity contribution in [1.82, 2.24) is 14.6 Å². The molecule has 0 aliphatic heterocycles. The van der Waals surface area contributed by atoms with Gasteiger partial charge < -0.3 is 4.90 Å². The third kappa shape index (κ3) is 1.78. The fourth-order valence-electron chi connectivity index (χ4n) is 1.71. The summed E-state index contributed by atoms with van der Waals surface area (Å²) in [6.45, 7) is 0. The SMILES string of the molecule is CN(C)c1ccc(-c2cn3ncsc3n2)cc1. The second-order valence-electron chi connectivity index (χ2n) is 4.03. The topological polar surface area (TPSA) is 33.4 Å². The largest absolute Gasteiger partial charge is 0.378 e. The van der Waals surface area contributed by atoms with Gasteiger partial charge in [0.15, 0.2) is 0 Å². The summed E-state index contributed by atoms with van der Waals surface area (Å²) in [7, 11) is 4.07. The number of nitrogens with zero attached hydrogens (tertiary/aromatic N) is 4. The zero-order chi connectivity index (χ0) is 11.8. The van der Waals surface area contributed by atoms with Crippen molar-refractivity contribution in [1.29, 1.82) is 0 Å². The lowest BCUT2D eigenvalue weighted by atomic mass is 10.1. The zero-order valence-corrected chi connectivity index (χ0v) is 10.5. The van der Waals surface area contributed by atoms with Crippen LogP contribution >= 0.6 is 11.3 Å². The van der Waals surface area contributed by atoms with Gasteiger partial charge in [-0.1, -0.05) is 23.5 Å². The summed E-state index contributed by atoms with van der Waals surface area (Å²) in [5.74, 6) is 0. The van der Waals surface area contributed by atoms with Gasteiger partial charge >= 0.3 is 0 Å². The first-order chi connectivity index (χ1) is 8.24. The molecule has 0 atom stereocenters. The van der Waals surface area contributed by atoms with Crippen LogP contribution in [0.3, 0.4) is 0 Å². The van der Waals surface area contributed by atoms with Gasteiger partial charge in [0.1, 0.15) is 5.51 Å². The maximum atomic E-state index is 4.52. The summed E-state index contributed by atoms with van der Waals surface area (Å²) in [6, 6.07) is 8.36. The highest BCUT2D eigenvalue weighted by molar-refractivity contribution is 7.14. The minimum atomic E-state index is 0.927. The summed E-state index contributed by atoms with van der Waals surface area (Å²) in [5.41, 5.74) is 5.07. The molecule has 0 fully saturated rings. The van der Waals surface area contributed by atoms with Gasteiger partial charge in [-0.15, -0.1) is 0 Å². The van der Waals surface area contributed by atoms with E-state index in [1.54, 1.807) is 21.4 Å². The van der Waals surface area contributed by atoms with Gasteiger partial charge in [0.25, 0.3) is 0 Å². The summed E-state index contributed by atoms with van der Waals surface area (Å²) < 4.78 is 1.81. The predicted molar refractivity (Wildman–Crippen MR) is 70.6 cm³/mol. The van der Waals surface area contributed by atoms with Crippen LogP contribution in [0.1, 0.15) is 0 Å². The Hall–Kier alpha value is -1.88. The van der Waals surface area contributed by atoms with Gasteiger partial charge in [-0.05, 0) is 12.1 Å². The molecule has 0 aliphatic rings. The molecule has 86 valence electrons. The average molecular weight is 244 g/mol. The fraction of sp³-hybridized carbons (Fsp3) is 0.167. The Bertz CT molecular complexity index is 607. The smallest absolute Gasteiger partial charge is 0.212 e. The summed E-state index contributed by atoms with van der Waals surface area (Å²) in [4.78, 5) is 7.53. The molecule has 3 rings (SSSR count). The Balaban J connectivity index is 2.01. The van der Waals surface area contributed by atoms with Crippen molar-refractivity contribution in [2.45, 2.75) is 0 Å². The first-order valence-corrected chi connectivity index (χ1v) is 6.18. The highest BCUT2D eigenvalue weighted by atomic mass is 32.1. The van der Waals surface area contributed by atoms with E-state index in [4.69, 9.17) is 0 Å². The van der Waals surface area contributed by atoms with Crippen molar-refractivity contribution in [3.05, 3.63) is 36.0 Å². The minimum absolute atomic E-state index is 0.927. The van der Waals surface area contributed by atoms with E-state index in [-0.39, 0.29) is 0 Å². The van der Waals surface area contributed by atoms with Crippen molar-refractivity contribution in [3.63, 3.8) is 0 Å². The molecular weight excluding hydrogens is 232 g/mol. The first kappa shape index (κ1) is 10.3. The molecule has 17 heavy (non-hydrogen) atoms. The molecule has 2 aromatic heterocycles. The highest BCUT2D eigenvalue weighted by Gasteiger charge is 2.06. The minimum Gasteiger partial charge on any atom is -0.378 e. The number of fused-ring (bicyclic) bond motifs is 1. The third-order valence-corrected chi connectivity index (χ3v) is 3.35. The van der Waals surface area contributed by atoms with E-state index in [0.717, 1.165) is 16.2 Å². The summed E-state index contributed by atoms with van der Waals surface area (Å²) >= 11 is 1.54. The predicted octanol–water partition coefficient (Wildman–Crippen LogP) is 2.52. The molecule has 1 aromatic carbocycles. The number of aromatic nitrogens is 3. The molecular formula is C12H12N4S. The van der Waals surface area contributed by atoms with E-state index >= 15 is 0 Å². The highest BCUT2D eigenvalue weighted by Crippen LogP contribution is 2.22. The van der Waals surface area contributed by atoms with Gasteiger partial charge in [0.05, 0.1) is 11.9 Å². The van der Waals surface area contributed by atoms with E-state index < -0.39 is 0 Å². The number of hydrogen-bond donors (Lipinski definition) is 0. The van der Waals surface area contributed by atoms with Crippen LogP contribution < -0.4 is 4.90 Å². The van der Waals surface area contributed by atoms with Crippen LogP contribution in [-0.2, 0) is 0 Å². The maximum Gasteiger partial charge on any atom is 0.212 e. The normalized spacial score (nSPS) is 10.9. The molecule has 0 spiro atoms. The van der Waals surface area contributed by atoms with Crippen molar-refractivity contribution in [3.8, 4) is 11.3 Å². The van der Waals surface area contributed by atoms with E-state index in [2.05, 4.69) is 39.2 Å². The van der Waals surface area contributed by atoms with Gasteiger partial charge in [0, 0.05) is 25.3 Å². The Labute approximate surface area is 103 Å². The lowest BCUT2D eigenvalue weighted by molar-refractivity contribution is 0.974. The number of hydrogen-bond acceptors (Lipinski definition) is 4. The van der Waals surface area contributed by atoms with Crippen LogP contribution in [0.5, 0.6) is 0 Å². The molecule has 0 radical (unpaired) electrons. The van der Waals surface area contributed by atoms with Crippen LogP contribution in [0.2, 0.25) is 0 Å². The van der Waals surface area contributed by atoms with Crippen molar-refractivity contribution in [2.24, 2.45) is 0 Å². The molecule has 0 amide bonds. The second kappa shape index (κ2) is 3.85. The van der Waals surface area contributed by atoms with Crippen molar-refractivity contribution < 1.29 is 0 Å². The molecule has 0 N–H and O–H groups in total. The molecule has 3 aromatic rings. The molecule has 0 saturated heterocycles. The first-order valence-electron chi connectivity index (χ1n) is 5.31. The molecule has 4 nitrogen and oxygen atoms in total. The van der Waals surface area contributed by atoms with Crippen molar-refractivity contribution in [2.75, 3.05) is 19.0 Å². The molecule has 0 unspecified atom stereocenters. The molecule has 5 heteroatoms. The quantitative estimate of drug-likeness (QED) is 0.694. The molecule has 0 aliphatic carbocycles. The Morgan fingerprint density at radius 1 is 1.18 bits per heavy atom. The number of imidazole rings is 1. The van der Waals surface area contributed by atoms with Crippen LogP contribution in [-0.4, -0.2) is 28.7 Å². The van der Waals surface area contributed by atoms with Gasteiger partial charge in [0.2, 0.25) is 4.96 Å². The maximum absolute atomic E-state index is 4.52. The number of rotatable bonds is 2.